The van der Waals surface area contributed by atoms with Crippen LogP contribution in [-0.4, -0.2) is 46.2 Å². The Morgan fingerprint density at radius 3 is 2.84 bits per heavy atom. The molecule has 1 saturated carbocycles. The molecule has 1 spiro atoms. The first-order chi connectivity index (χ1) is 9.12. The van der Waals surface area contributed by atoms with Gasteiger partial charge in [-0.15, -0.1) is 0 Å². The fraction of sp³-hybridized carbons (Fsp3) is 0.714. The summed E-state index contributed by atoms with van der Waals surface area (Å²) in [5, 5.41) is 9.36. The molecule has 3 fully saturated rings. The molecule has 2 bridgehead atoms. The molecular weight excluding hydrogens is 246 g/mol. The lowest BCUT2D eigenvalue weighted by atomic mass is 9.77. The topological polar surface area (TPSA) is 66.8 Å². The zero-order valence-corrected chi connectivity index (χ0v) is 10.6. The minimum atomic E-state index is -0.914. The van der Waals surface area contributed by atoms with Crippen molar-refractivity contribution in [2.24, 2.45) is 11.8 Å². The maximum atomic E-state index is 12.6. The first-order valence-electron chi connectivity index (χ1n) is 7.03. The quantitative estimate of drug-likeness (QED) is 0.748. The van der Waals surface area contributed by atoms with Gasteiger partial charge in [-0.25, -0.2) is 0 Å². The fourth-order valence-electron chi connectivity index (χ4n) is 4.34. The monoisotopic (exact) mass is 263 g/mol. The highest BCUT2D eigenvalue weighted by atomic mass is 16.5. The van der Waals surface area contributed by atoms with Gasteiger partial charge in [0.15, 0.2) is 0 Å². The third kappa shape index (κ3) is 1.34. The molecule has 102 valence electrons. The molecule has 1 N–H and O–H groups in total. The molecule has 4 atom stereocenters. The molecule has 3 aliphatic heterocycles. The predicted molar refractivity (Wildman–Crippen MR) is 65.3 cm³/mol. The normalized spacial score (nSPS) is 44.3. The molecular formula is C14H17NO4. The summed E-state index contributed by atoms with van der Waals surface area (Å²) in [6.45, 7) is 0.540. The fourth-order valence-corrected chi connectivity index (χ4v) is 4.34. The Kier molecular flexibility index (Phi) is 2.17. The van der Waals surface area contributed by atoms with E-state index in [1.165, 1.54) is 0 Å². The Balaban J connectivity index is 1.69. The standard InChI is InChI=1S/C14H17NO4/c16-12-11-10(13(17)18)9-5-6-14(11,19-9)7-15(12)8-3-1-2-4-8/h5-6,8-11H,1-4,7H2,(H,17,18)/t9-,10-,11-,14+/m1/s1. The molecule has 3 heterocycles. The zero-order chi connectivity index (χ0) is 13.2. The van der Waals surface area contributed by atoms with E-state index in [-0.39, 0.29) is 11.9 Å². The number of aliphatic carboxylic acids is 1. The van der Waals surface area contributed by atoms with Crippen molar-refractivity contribution in [1.82, 2.24) is 4.90 Å². The van der Waals surface area contributed by atoms with Crippen molar-refractivity contribution in [3.63, 3.8) is 0 Å². The number of likely N-dealkylation sites (tertiary alicyclic amines) is 1. The summed E-state index contributed by atoms with van der Waals surface area (Å²) >= 11 is 0. The summed E-state index contributed by atoms with van der Waals surface area (Å²) in [7, 11) is 0. The van der Waals surface area contributed by atoms with Crippen LogP contribution in [0.25, 0.3) is 0 Å². The van der Waals surface area contributed by atoms with Gasteiger partial charge in [-0.05, 0) is 12.8 Å². The van der Waals surface area contributed by atoms with Gasteiger partial charge in [0.1, 0.15) is 11.5 Å². The Morgan fingerprint density at radius 1 is 1.42 bits per heavy atom. The van der Waals surface area contributed by atoms with Gasteiger partial charge in [0.2, 0.25) is 5.91 Å². The Labute approximate surface area is 111 Å². The Bertz CT molecular complexity index is 482. The molecule has 1 aliphatic carbocycles. The number of fused-ring (bicyclic) bond motifs is 1. The van der Waals surface area contributed by atoms with E-state index in [2.05, 4.69) is 0 Å². The van der Waals surface area contributed by atoms with Crippen molar-refractivity contribution in [3.8, 4) is 0 Å². The largest absolute Gasteiger partial charge is 0.481 e. The van der Waals surface area contributed by atoms with Crippen LogP contribution in [0.15, 0.2) is 12.2 Å². The van der Waals surface area contributed by atoms with Crippen molar-refractivity contribution >= 4 is 11.9 Å². The van der Waals surface area contributed by atoms with Crippen LogP contribution in [0.1, 0.15) is 25.7 Å². The van der Waals surface area contributed by atoms with Crippen molar-refractivity contribution in [1.29, 1.82) is 0 Å². The average molecular weight is 263 g/mol. The highest BCUT2D eigenvalue weighted by Crippen LogP contribution is 2.52. The molecule has 0 aromatic carbocycles. The van der Waals surface area contributed by atoms with Gasteiger partial charge < -0.3 is 14.7 Å². The molecule has 4 aliphatic rings. The number of hydrogen-bond donors (Lipinski definition) is 1. The van der Waals surface area contributed by atoms with Gasteiger partial charge in [-0.2, -0.15) is 0 Å². The number of carboxylic acids is 1. The second kappa shape index (κ2) is 3.60. The average Bonchev–Trinajstić information content (AvgIpc) is 3.09. The summed E-state index contributed by atoms with van der Waals surface area (Å²) in [6, 6.07) is 0.290. The number of rotatable bonds is 2. The van der Waals surface area contributed by atoms with Crippen molar-refractivity contribution < 1.29 is 19.4 Å². The van der Waals surface area contributed by atoms with E-state index in [0.29, 0.717) is 6.54 Å². The minimum Gasteiger partial charge on any atom is -0.481 e. The van der Waals surface area contributed by atoms with E-state index in [9.17, 15) is 14.7 Å². The van der Waals surface area contributed by atoms with Crippen LogP contribution in [0.4, 0.5) is 0 Å². The van der Waals surface area contributed by atoms with Gasteiger partial charge >= 0.3 is 5.97 Å². The third-order valence-corrected chi connectivity index (χ3v) is 5.18. The molecule has 2 saturated heterocycles. The van der Waals surface area contributed by atoms with Gasteiger partial charge in [0, 0.05) is 6.04 Å². The lowest BCUT2D eigenvalue weighted by molar-refractivity contribution is -0.148. The first kappa shape index (κ1) is 11.5. The van der Waals surface area contributed by atoms with E-state index in [1.54, 1.807) is 0 Å². The smallest absolute Gasteiger partial charge is 0.310 e. The SMILES string of the molecule is O=C(O)[C@@H]1[C@H]2C=C[C@@]3(CN(C4CCCC4)C(=O)[C@@H]13)O2. The van der Waals surface area contributed by atoms with Crippen molar-refractivity contribution in [2.75, 3.05) is 6.54 Å². The van der Waals surface area contributed by atoms with Gasteiger partial charge in [0.25, 0.3) is 0 Å². The van der Waals surface area contributed by atoms with Crippen LogP contribution in [0.2, 0.25) is 0 Å². The summed E-state index contributed by atoms with van der Waals surface area (Å²) < 4.78 is 5.86. The highest BCUT2D eigenvalue weighted by Gasteiger charge is 2.67. The molecule has 0 radical (unpaired) electrons. The number of carboxylic acid groups (broad SMARTS) is 1. The van der Waals surface area contributed by atoms with E-state index in [4.69, 9.17) is 4.74 Å². The van der Waals surface area contributed by atoms with Crippen LogP contribution in [-0.2, 0) is 14.3 Å². The zero-order valence-electron chi connectivity index (χ0n) is 10.6. The minimum absolute atomic E-state index is 0.00819. The molecule has 1 amide bonds. The van der Waals surface area contributed by atoms with Crippen LogP contribution in [0.3, 0.4) is 0 Å². The molecule has 5 heteroatoms. The van der Waals surface area contributed by atoms with Crippen molar-refractivity contribution in [2.45, 2.75) is 43.4 Å². The molecule has 0 aromatic heterocycles. The number of nitrogens with zero attached hydrogens (tertiary/aromatic N) is 1. The predicted octanol–water partition coefficient (Wildman–Crippen LogP) is 0.796. The summed E-state index contributed by atoms with van der Waals surface area (Å²) in [6.07, 6.45) is 7.73. The van der Waals surface area contributed by atoms with Crippen LogP contribution in [0, 0.1) is 11.8 Å². The van der Waals surface area contributed by atoms with E-state index in [0.717, 1.165) is 25.7 Å². The molecule has 5 nitrogen and oxygen atoms in total. The number of carbonyl (C=O) groups is 2. The van der Waals surface area contributed by atoms with Gasteiger partial charge in [-0.1, -0.05) is 25.0 Å². The summed E-state index contributed by atoms with van der Waals surface area (Å²) in [4.78, 5) is 25.9. The van der Waals surface area contributed by atoms with Crippen LogP contribution in [0.5, 0.6) is 0 Å². The van der Waals surface area contributed by atoms with Crippen molar-refractivity contribution in [3.05, 3.63) is 12.2 Å². The third-order valence-electron chi connectivity index (χ3n) is 5.18. The van der Waals surface area contributed by atoms with E-state index >= 15 is 0 Å². The first-order valence-corrected chi connectivity index (χ1v) is 7.03. The highest BCUT2D eigenvalue weighted by molar-refractivity contribution is 5.91. The second-order valence-corrected chi connectivity index (χ2v) is 6.14. The second-order valence-electron chi connectivity index (χ2n) is 6.14. The van der Waals surface area contributed by atoms with Crippen LogP contribution < -0.4 is 0 Å². The Hall–Kier alpha value is -1.36. The van der Waals surface area contributed by atoms with Gasteiger partial charge in [-0.3, -0.25) is 9.59 Å². The molecule has 0 aromatic rings. The number of amides is 1. The number of ether oxygens (including phenoxy) is 1. The van der Waals surface area contributed by atoms with E-state index < -0.39 is 29.5 Å². The lowest BCUT2D eigenvalue weighted by Crippen LogP contribution is -2.40. The number of hydrogen-bond acceptors (Lipinski definition) is 3. The lowest BCUT2D eigenvalue weighted by Gasteiger charge is -2.26. The van der Waals surface area contributed by atoms with Gasteiger partial charge in [0.05, 0.1) is 18.6 Å². The summed E-state index contributed by atoms with van der Waals surface area (Å²) in [5.41, 5.74) is -0.659. The van der Waals surface area contributed by atoms with Crippen LogP contribution >= 0.6 is 0 Å². The molecule has 19 heavy (non-hydrogen) atoms. The molecule has 0 unspecified atom stereocenters. The summed E-state index contributed by atoms with van der Waals surface area (Å²) in [5.74, 6) is -2.14. The van der Waals surface area contributed by atoms with E-state index in [1.807, 2.05) is 17.1 Å². The maximum Gasteiger partial charge on any atom is 0.310 e. The molecule has 4 rings (SSSR count). The Morgan fingerprint density at radius 2 is 2.16 bits per heavy atom. The number of carbonyl (C=O) groups excluding carboxylic acids is 1. The maximum absolute atomic E-state index is 12.6.